The highest BCUT2D eigenvalue weighted by molar-refractivity contribution is 5.25. The minimum absolute atomic E-state index is 0.509. The molecular formula is C13H16N4. The Kier molecular flexibility index (Phi) is 2.42. The summed E-state index contributed by atoms with van der Waals surface area (Å²) in [5.74, 6) is 2.90. The molecule has 2 aromatic heterocycles. The van der Waals surface area contributed by atoms with Crippen LogP contribution in [0.5, 0.6) is 0 Å². The minimum atomic E-state index is 0.509. The molecule has 2 aromatic rings. The van der Waals surface area contributed by atoms with Crippen LogP contribution < -0.4 is 0 Å². The topological polar surface area (TPSA) is 43.6 Å². The summed E-state index contributed by atoms with van der Waals surface area (Å²) >= 11 is 0. The fourth-order valence-electron chi connectivity index (χ4n) is 1.79. The zero-order valence-electron chi connectivity index (χ0n) is 10.2. The molecule has 0 unspecified atom stereocenters. The first-order chi connectivity index (χ1) is 8.24. The highest BCUT2D eigenvalue weighted by atomic mass is 15.4. The van der Waals surface area contributed by atoms with E-state index in [4.69, 9.17) is 0 Å². The van der Waals surface area contributed by atoms with E-state index in [1.54, 1.807) is 11.0 Å². The summed E-state index contributed by atoms with van der Waals surface area (Å²) < 4.78 is 1.76. The number of rotatable bonds is 3. The van der Waals surface area contributed by atoms with Gasteiger partial charge in [0.25, 0.3) is 0 Å². The highest BCUT2D eigenvalue weighted by Crippen LogP contribution is 2.37. The molecule has 1 fully saturated rings. The van der Waals surface area contributed by atoms with Gasteiger partial charge in [-0.3, -0.25) is 0 Å². The molecule has 0 aliphatic heterocycles. The minimum Gasteiger partial charge on any atom is -0.237 e. The fourth-order valence-corrected chi connectivity index (χ4v) is 1.79. The van der Waals surface area contributed by atoms with Gasteiger partial charge in [0.1, 0.15) is 6.33 Å². The molecule has 0 bridgehead atoms. The zero-order valence-corrected chi connectivity index (χ0v) is 10.2. The summed E-state index contributed by atoms with van der Waals surface area (Å²) in [6.07, 6.45) is 6.12. The number of nitrogens with zero attached hydrogens (tertiary/aromatic N) is 4. The van der Waals surface area contributed by atoms with Gasteiger partial charge in [0.2, 0.25) is 0 Å². The Morgan fingerprint density at radius 1 is 1.24 bits per heavy atom. The molecular weight excluding hydrogens is 212 g/mol. The van der Waals surface area contributed by atoms with E-state index in [0.717, 1.165) is 11.6 Å². The van der Waals surface area contributed by atoms with Crippen molar-refractivity contribution in [2.45, 2.75) is 38.5 Å². The molecule has 3 rings (SSSR count). The second-order valence-corrected chi connectivity index (χ2v) is 4.93. The smallest absolute Gasteiger partial charge is 0.155 e. The van der Waals surface area contributed by atoms with Gasteiger partial charge in [-0.05, 0) is 30.4 Å². The van der Waals surface area contributed by atoms with Gasteiger partial charge >= 0.3 is 0 Å². The molecule has 0 aromatic carbocycles. The second-order valence-electron chi connectivity index (χ2n) is 4.93. The zero-order chi connectivity index (χ0) is 11.8. The van der Waals surface area contributed by atoms with Gasteiger partial charge in [-0.15, -0.1) is 5.10 Å². The third-order valence-electron chi connectivity index (χ3n) is 3.12. The standard InChI is InChI=1S/C13H16N4/c1-9(2)11-5-6-12(14-7-11)17-8-15-13(16-17)10-3-4-10/h5-10H,3-4H2,1-2H3. The van der Waals surface area contributed by atoms with E-state index >= 15 is 0 Å². The molecule has 1 saturated carbocycles. The molecule has 0 spiro atoms. The molecule has 17 heavy (non-hydrogen) atoms. The number of hydrogen-bond donors (Lipinski definition) is 0. The van der Waals surface area contributed by atoms with Crippen molar-refractivity contribution in [3.05, 3.63) is 36.0 Å². The van der Waals surface area contributed by atoms with Crippen molar-refractivity contribution in [1.82, 2.24) is 19.7 Å². The summed E-state index contributed by atoms with van der Waals surface area (Å²) in [6, 6.07) is 4.10. The van der Waals surface area contributed by atoms with Gasteiger partial charge in [0, 0.05) is 12.1 Å². The molecule has 0 amide bonds. The Morgan fingerprint density at radius 2 is 2.06 bits per heavy atom. The molecule has 4 nitrogen and oxygen atoms in total. The Morgan fingerprint density at radius 3 is 2.65 bits per heavy atom. The summed E-state index contributed by atoms with van der Waals surface area (Å²) in [5, 5.41) is 4.46. The van der Waals surface area contributed by atoms with Crippen LogP contribution in [-0.2, 0) is 0 Å². The number of aromatic nitrogens is 4. The van der Waals surface area contributed by atoms with Crippen molar-refractivity contribution in [1.29, 1.82) is 0 Å². The average molecular weight is 228 g/mol. The van der Waals surface area contributed by atoms with E-state index in [2.05, 4.69) is 35.0 Å². The molecule has 88 valence electrons. The fraction of sp³-hybridized carbons (Fsp3) is 0.462. The first-order valence-corrected chi connectivity index (χ1v) is 6.12. The highest BCUT2D eigenvalue weighted by Gasteiger charge is 2.27. The third-order valence-corrected chi connectivity index (χ3v) is 3.12. The number of hydrogen-bond acceptors (Lipinski definition) is 3. The Hall–Kier alpha value is -1.71. The lowest BCUT2D eigenvalue weighted by atomic mass is 10.1. The van der Waals surface area contributed by atoms with Gasteiger partial charge < -0.3 is 0 Å². The van der Waals surface area contributed by atoms with E-state index in [-0.39, 0.29) is 0 Å². The van der Waals surface area contributed by atoms with Crippen LogP contribution in [0, 0.1) is 0 Å². The first kappa shape index (κ1) is 10.4. The van der Waals surface area contributed by atoms with E-state index in [1.165, 1.54) is 18.4 Å². The van der Waals surface area contributed by atoms with Gasteiger partial charge in [-0.25, -0.2) is 14.6 Å². The molecule has 0 N–H and O–H groups in total. The SMILES string of the molecule is CC(C)c1ccc(-n2cnc(C3CC3)n2)nc1. The van der Waals surface area contributed by atoms with Gasteiger partial charge in [0.15, 0.2) is 11.6 Å². The van der Waals surface area contributed by atoms with Crippen LogP contribution in [0.1, 0.15) is 49.9 Å². The first-order valence-electron chi connectivity index (χ1n) is 6.12. The van der Waals surface area contributed by atoms with Crippen LogP contribution >= 0.6 is 0 Å². The molecule has 0 atom stereocenters. The van der Waals surface area contributed by atoms with E-state index < -0.39 is 0 Å². The normalized spacial score (nSPS) is 15.5. The second kappa shape index (κ2) is 3.95. The monoisotopic (exact) mass is 228 g/mol. The summed E-state index contributed by atoms with van der Waals surface area (Å²) in [7, 11) is 0. The summed E-state index contributed by atoms with van der Waals surface area (Å²) in [5.41, 5.74) is 1.25. The van der Waals surface area contributed by atoms with Crippen LogP contribution in [-0.4, -0.2) is 19.7 Å². The van der Waals surface area contributed by atoms with Crippen LogP contribution in [0.4, 0.5) is 0 Å². The molecule has 4 heteroatoms. The van der Waals surface area contributed by atoms with Crippen molar-refractivity contribution in [3.8, 4) is 5.82 Å². The molecule has 1 aliphatic rings. The van der Waals surface area contributed by atoms with E-state index in [1.807, 2.05) is 12.3 Å². The Labute approximate surface area is 101 Å². The van der Waals surface area contributed by atoms with Crippen molar-refractivity contribution in [3.63, 3.8) is 0 Å². The molecule has 0 saturated heterocycles. The lowest BCUT2D eigenvalue weighted by Gasteiger charge is -2.05. The Bertz CT molecular complexity index is 508. The predicted octanol–water partition coefficient (Wildman–Crippen LogP) is 2.66. The van der Waals surface area contributed by atoms with Gasteiger partial charge in [-0.2, -0.15) is 0 Å². The van der Waals surface area contributed by atoms with Crippen molar-refractivity contribution in [2.75, 3.05) is 0 Å². The van der Waals surface area contributed by atoms with Gasteiger partial charge in [0.05, 0.1) is 0 Å². The molecule has 2 heterocycles. The number of pyridine rings is 1. The maximum absolute atomic E-state index is 4.46. The van der Waals surface area contributed by atoms with Crippen LogP contribution in [0.25, 0.3) is 5.82 Å². The quantitative estimate of drug-likeness (QED) is 0.811. The van der Waals surface area contributed by atoms with Crippen molar-refractivity contribution < 1.29 is 0 Å². The molecule has 1 aliphatic carbocycles. The lowest BCUT2D eigenvalue weighted by molar-refractivity contribution is 0.800. The van der Waals surface area contributed by atoms with E-state index in [9.17, 15) is 0 Å². The third kappa shape index (κ3) is 2.07. The van der Waals surface area contributed by atoms with Crippen LogP contribution in [0.3, 0.4) is 0 Å². The summed E-state index contributed by atoms with van der Waals surface area (Å²) in [6.45, 7) is 4.33. The largest absolute Gasteiger partial charge is 0.237 e. The maximum atomic E-state index is 4.46. The summed E-state index contributed by atoms with van der Waals surface area (Å²) in [4.78, 5) is 8.75. The average Bonchev–Trinajstić information content (AvgIpc) is 3.07. The predicted molar refractivity (Wildman–Crippen MR) is 65.2 cm³/mol. The lowest BCUT2D eigenvalue weighted by Crippen LogP contribution is -2.00. The maximum Gasteiger partial charge on any atom is 0.155 e. The van der Waals surface area contributed by atoms with Crippen LogP contribution in [0.15, 0.2) is 24.7 Å². The van der Waals surface area contributed by atoms with Crippen LogP contribution in [0.2, 0.25) is 0 Å². The van der Waals surface area contributed by atoms with Crippen molar-refractivity contribution >= 4 is 0 Å². The van der Waals surface area contributed by atoms with E-state index in [0.29, 0.717) is 11.8 Å². The molecule has 0 radical (unpaired) electrons. The Balaban J connectivity index is 1.86. The van der Waals surface area contributed by atoms with Crippen molar-refractivity contribution in [2.24, 2.45) is 0 Å². The van der Waals surface area contributed by atoms with Gasteiger partial charge in [-0.1, -0.05) is 19.9 Å².